The minimum absolute atomic E-state index is 0.135. The molecule has 158 valence electrons. The molecular formula is C23H27N3O3S. The van der Waals surface area contributed by atoms with Gasteiger partial charge in [-0.1, -0.05) is 6.58 Å². The molecule has 0 aliphatic rings. The van der Waals surface area contributed by atoms with Crippen molar-refractivity contribution in [3.63, 3.8) is 0 Å². The van der Waals surface area contributed by atoms with Crippen LogP contribution in [0.4, 0.5) is 11.4 Å². The second-order valence-corrected chi connectivity index (χ2v) is 7.86. The third-order valence-electron chi connectivity index (χ3n) is 4.93. The predicted molar refractivity (Wildman–Crippen MR) is 124 cm³/mol. The summed E-state index contributed by atoms with van der Waals surface area (Å²) in [6.45, 7) is 6.82. The first-order valence-corrected chi connectivity index (χ1v) is 10.7. The number of rotatable bonds is 10. The molecule has 0 aliphatic heterocycles. The van der Waals surface area contributed by atoms with Gasteiger partial charge in [0.25, 0.3) is 5.91 Å². The van der Waals surface area contributed by atoms with Crippen molar-refractivity contribution in [2.75, 3.05) is 30.5 Å². The standard InChI is InChI=1S/C23H27N3O3S/c1-4-26(17-8-10-18(29-3)11-9-17)23(28)21-16(2)20-19(12-14-25-22(20)30-21)24-13-6-5-7-15-27/h4,8-12,14,27H,1,5-7,13,15H2,2-3H3,(H,24,25). The summed E-state index contributed by atoms with van der Waals surface area (Å²) in [6, 6.07) is 9.24. The fraction of sp³-hybridized carbons (Fsp3) is 0.304. The number of hydrogen-bond acceptors (Lipinski definition) is 6. The van der Waals surface area contributed by atoms with Crippen LogP contribution < -0.4 is 15.0 Å². The molecule has 3 aromatic rings. The monoisotopic (exact) mass is 425 g/mol. The van der Waals surface area contributed by atoms with Gasteiger partial charge in [-0.05, 0) is 62.1 Å². The molecule has 2 heterocycles. The van der Waals surface area contributed by atoms with E-state index in [0.29, 0.717) is 4.88 Å². The number of unbranched alkanes of at least 4 members (excludes halogenated alkanes) is 2. The molecule has 0 unspecified atom stereocenters. The predicted octanol–water partition coefficient (Wildman–Crippen LogP) is 4.98. The SMILES string of the molecule is C=CN(C(=O)c1sc2nccc(NCCCCCO)c2c1C)c1ccc(OC)cc1. The summed E-state index contributed by atoms with van der Waals surface area (Å²) >= 11 is 1.39. The molecule has 0 atom stereocenters. The average Bonchev–Trinajstić information content (AvgIpc) is 3.12. The van der Waals surface area contributed by atoms with Crippen molar-refractivity contribution in [2.24, 2.45) is 0 Å². The summed E-state index contributed by atoms with van der Waals surface area (Å²) in [5, 5.41) is 13.3. The van der Waals surface area contributed by atoms with E-state index < -0.39 is 0 Å². The van der Waals surface area contributed by atoms with Gasteiger partial charge in [0, 0.05) is 42.3 Å². The van der Waals surface area contributed by atoms with E-state index in [4.69, 9.17) is 9.84 Å². The molecule has 0 bridgehead atoms. The van der Waals surface area contributed by atoms with E-state index in [1.54, 1.807) is 18.2 Å². The number of carbonyl (C=O) groups is 1. The Morgan fingerprint density at radius 3 is 2.70 bits per heavy atom. The third kappa shape index (κ3) is 4.63. The van der Waals surface area contributed by atoms with Gasteiger partial charge in [-0.25, -0.2) is 4.98 Å². The zero-order chi connectivity index (χ0) is 21.5. The first-order valence-electron chi connectivity index (χ1n) is 9.93. The van der Waals surface area contributed by atoms with Crippen LogP contribution in [0.2, 0.25) is 0 Å². The molecule has 0 radical (unpaired) electrons. The number of methoxy groups -OCH3 is 1. The molecule has 0 saturated heterocycles. The van der Waals surface area contributed by atoms with Gasteiger partial charge in [0.15, 0.2) is 0 Å². The van der Waals surface area contributed by atoms with Crippen molar-refractivity contribution >= 4 is 38.8 Å². The smallest absolute Gasteiger partial charge is 0.272 e. The normalized spacial score (nSPS) is 10.8. The molecule has 30 heavy (non-hydrogen) atoms. The Morgan fingerprint density at radius 1 is 1.27 bits per heavy atom. The Balaban J connectivity index is 1.87. The fourth-order valence-corrected chi connectivity index (χ4v) is 4.43. The first kappa shape index (κ1) is 21.8. The number of anilines is 2. The maximum Gasteiger partial charge on any atom is 0.272 e. The van der Waals surface area contributed by atoms with Gasteiger partial charge in [0.05, 0.1) is 12.0 Å². The molecule has 0 aliphatic carbocycles. The molecular weight excluding hydrogens is 398 g/mol. The zero-order valence-electron chi connectivity index (χ0n) is 17.4. The first-order chi connectivity index (χ1) is 14.6. The number of carbonyl (C=O) groups excluding carboxylic acids is 1. The lowest BCUT2D eigenvalue weighted by atomic mass is 10.1. The summed E-state index contributed by atoms with van der Waals surface area (Å²) in [4.78, 5) is 20.8. The highest BCUT2D eigenvalue weighted by molar-refractivity contribution is 7.20. The summed E-state index contributed by atoms with van der Waals surface area (Å²) in [5.41, 5.74) is 2.61. The van der Waals surface area contributed by atoms with Gasteiger partial charge in [-0.2, -0.15) is 0 Å². The van der Waals surface area contributed by atoms with Crippen LogP contribution in [0.25, 0.3) is 10.2 Å². The number of fused-ring (bicyclic) bond motifs is 1. The number of nitrogens with one attached hydrogen (secondary N) is 1. The van der Waals surface area contributed by atoms with Crippen LogP contribution >= 0.6 is 11.3 Å². The third-order valence-corrected chi connectivity index (χ3v) is 6.11. The Morgan fingerprint density at radius 2 is 2.03 bits per heavy atom. The van der Waals surface area contributed by atoms with E-state index in [9.17, 15) is 4.79 Å². The highest BCUT2D eigenvalue weighted by atomic mass is 32.1. The largest absolute Gasteiger partial charge is 0.497 e. The van der Waals surface area contributed by atoms with E-state index in [2.05, 4.69) is 16.9 Å². The minimum Gasteiger partial charge on any atom is -0.497 e. The topological polar surface area (TPSA) is 74.7 Å². The van der Waals surface area contributed by atoms with Gasteiger partial charge < -0.3 is 15.2 Å². The summed E-state index contributed by atoms with van der Waals surface area (Å²) in [7, 11) is 1.61. The van der Waals surface area contributed by atoms with Gasteiger partial charge in [0.2, 0.25) is 0 Å². The molecule has 2 aromatic heterocycles. The van der Waals surface area contributed by atoms with Gasteiger partial charge in [0.1, 0.15) is 10.6 Å². The molecule has 0 spiro atoms. The number of hydrogen-bond donors (Lipinski definition) is 2. The second kappa shape index (κ2) is 10.2. The van der Waals surface area contributed by atoms with E-state index >= 15 is 0 Å². The van der Waals surface area contributed by atoms with Crippen molar-refractivity contribution in [2.45, 2.75) is 26.2 Å². The van der Waals surface area contributed by atoms with Crippen LogP contribution in [0.3, 0.4) is 0 Å². The number of nitrogens with zero attached hydrogens (tertiary/aromatic N) is 2. The zero-order valence-corrected chi connectivity index (χ0v) is 18.2. The van der Waals surface area contributed by atoms with Crippen molar-refractivity contribution in [1.29, 1.82) is 0 Å². The lowest BCUT2D eigenvalue weighted by molar-refractivity contribution is 0.100. The summed E-state index contributed by atoms with van der Waals surface area (Å²) in [5.74, 6) is 0.594. The van der Waals surface area contributed by atoms with Crippen LogP contribution in [0.1, 0.15) is 34.5 Å². The number of aliphatic hydroxyl groups excluding tert-OH is 1. The summed E-state index contributed by atoms with van der Waals surface area (Å²) in [6.07, 6.45) is 6.05. The highest BCUT2D eigenvalue weighted by Crippen LogP contribution is 2.36. The molecule has 6 nitrogen and oxygen atoms in total. The number of aromatic nitrogens is 1. The van der Waals surface area contributed by atoms with Crippen molar-refractivity contribution in [3.05, 3.63) is 59.7 Å². The maximum atomic E-state index is 13.3. The minimum atomic E-state index is -0.135. The number of amides is 1. The van der Waals surface area contributed by atoms with E-state index in [0.717, 1.165) is 58.7 Å². The van der Waals surface area contributed by atoms with E-state index in [1.807, 2.05) is 37.3 Å². The Labute approximate surface area is 180 Å². The van der Waals surface area contributed by atoms with Crippen molar-refractivity contribution < 1.29 is 14.6 Å². The number of pyridine rings is 1. The van der Waals surface area contributed by atoms with Gasteiger partial charge >= 0.3 is 0 Å². The van der Waals surface area contributed by atoms with E-state index in [1.165, 1.54) is 17.5 Å². The molecule has 3 rings (SSSR count). The number of ether oxygens (including phenoxy) is 1. The number of benzene rings is 1. The Kier molecular flexibility index (Phi) is 7.43. The number of aliphatic hydroxyl groups is 1. The lowest BCUT2D eigenvalue weighted by Crippen LogP contribution is -2.24. The van der Waals surface area contributed by atoms with Gasteiger partial charge in [-0.3, -0.25) is 9.69 Å². The maximum absolute atomic E-state index is 13.3. The second-order valence-electron chi connectivity index (χ2n) is 6.86. The van der Waals surface area contributed by atoms with Crippen molar-refractivity contribution in [3.8, 4) is 5.75 Å². The van der Waals surface area contributed by atoms with Crippen LogP contribution in [0.15, 0.2) is 49.3 Å². The van der Waals surface area contributed by atoms with Crippen LogP contribution in [0.5, 0.6) is 5.75 Å². The molecule has 0 fully saturated rings. The molecule has 2 N–H and O–H groups in total. The molecule has 0 saturated carbocycles. The van der Waals surface area contributed by atoms with Gasteiger partial charge in [-0.15, -0.1) is 11.3 Å². The Bertz CT molecular complexity index is 1010. The average molecular weight is 426 g/mol. The quantitative estimate of drug-likeness (QED) is 0.448. The number of aryl methyl sites for hydroxylation is 1. The van der Waals surface area contributed by atoms with Crippen LogP contribution in [0, 0.1) is 6.92 Å². The lowest BCUT2D eigenvalue weighted by Gasteiger charge is -2.18. The van der Waals surface area contributed by atoms with Crippen molar-refractivity contribution in [1.82, 2.24) is 4.98 Å². The van der Waals surface area contributed by atoms with E-state index in [-0.39, 0.29) is 12.5 Å². The molecule has 1 aromatic carbocycles. The van der Waals surface area contributed by atoms with Crippen LogP contribution in [-0.4, -0.2) is 36.3 Å². The number of thiophene rings is 1. The molecule has 1 amide bonds. The molecule has 7 heteroatoms. The Hall–Kier alpha value is -2.90. The van der Waals surface area contributed by atoms with Crippen LogP contribution in [-0.2, 0) is 0 Å². The fourth-order valence-electron chi connectivity index (χ4n) is 3.31. The highest BCUT2D eigenvalue weighted by Gasteiger charge is 2.23. The summed E-state index contributed by atoms with van der Waals surface area (Å²) < 4.78 is 5.20.